The fraction of sp³-hybridized carbons (Fsp3) is 0.400. The van der Waals surface area contributed by atoms with Crippen LogP contribution in [0.5, 0.6) is 5.75 Å². The van der Waals surface area contributed by atoms with E-state index in [2.05, 4.69) is 69.3 Å². The first-order valence-electron chi connectivity index (χ1n) is 8.10. The van der Waals surface area contributed by atoms with E-state index in [1.165, 1.54) is 16.7 Å². The highest BCUT2D eigenvalue weighted by Crippen LogP contribution is 2.23. The zero-order chi connectivity index (χ0) is 15.9. The third-order valence-corrected chi connectivity index (χ3v) is 4.19. The van der Waals surface area contributed by atoms with E-state index in [0.717, 1.165) is 12.2 Å². The number of aryl methyl sites for hydroxylation is 1. The lowest BCUT2D eigenvalue weighted by atomic mass is 9.92. The molecular weight excluding hydrogens is 270 g/mol. The van der Waals surface area contributed by atoms with Crippen LogP contribution >= 0.6 is 0 Å². The molecule has 0 bridgehead atoms. The zero-order valence-corrected chi connectivity index (χ0v) is 13.9. The predicted octanol–water partition coefficient (Wildman–Crippen LogP) is 4.63. The second-order valence-electron chi connectivity index (χ2n) is 6.15. The van der Waals surface area contributed by atoms with Crippen LogP contribution in [0.1, 0.15) is 48.8 Å². The first-order chi connectivity index (χ1) is 10.6. The fourth-order valence-corrected chi connectivity index (χ4v) is 2.71. The predicted molar refractivity (Wildman–Crippen MR) is 93.6 cm³/mol. The Hall–Kier alpha value is -1.80. The largest absolute Gasteiger partial charge is 0.494 e. The Balaban J connectivity index is 1.90. The maximum absolute atomic E-state index is 5.95. The van der Waals surface area contributed by atoms with Gasteiger partial charge in [0, 0.05) is 0 Å². The molecule has 118 valence electrons. The summed E-state index contributed by atoms with van der Waals surface area (Å²) in [7, 11) is 0. The number of hydrogen-bond donors (Lipinski definition) is 1. The lowest BCUT2D eigenvalue weighted by Gasteiger charge is -2.18. The quantitative estimate of drug-likeness (QED) is 0.808. The molecule has 0 heterocycles. The molecule has 0 aliphatic rings. The summed E-state index contributed by atoms with van der Waals surface area (Å²) >= 11 is 0. The Kier molecular flexibility index (Phi) is 6.02. The molecule has 0 amide bonds. The van der Waals surface area contributed by atoms with Crippen molar-refractivity contribution in [2.75, 3.05) is 13.2 Å². The summed E-state index contributed by atoms with van der Waals surface area (Å²) in [5.41, 5.74) is 9.93. The van der Waals surface area contributed by atoms with Crippen molar-refractivity contribution < 1.29 is 4.74 Å². The molecule has 22 heavy (non-hydrogen) atoms. The van der Waals surface area contributed by atoms with Crippen LogP contribution in [0.25, 0.3) is 0 Å². The molecule has 0 saturated carbocycles. The summed E-state index contributed by atoms with van der Waals surface area (Å²) in [4.78, 5) is 0. The summed E-state index contributed by atoms with van der Waals surface area (Å²) in [6.45, 7) is 7.88. The van der Waals surface area contributed by atoms with E-state index >= 15 is 0 Å². The SMILES string of the molecule is Cc1ccccc1C(CN)CCOc1ccc(C(C)C)cc1. The van der Waals surface area contributed by atoms with Gasteiger partial charge in [-0.2, -0.15) is 0 Å². The van der Waals surface area contributed by atoms with Crippen LogP contribution in [0.3, 0.4) is 0 Å². The van der Waals surface area contributed by atoms with Crippen molar-refractivity contribution >= 4 is 0 Å². The number of benzene rings is 2. The highest BCUT2D eigenvalue weighted by atomic mass is 16.5. The van der Waals surface area contributed by atoms with Crippen molar-refractivity contribution in [1.29, 1.82) is 0 Å². The second kappa shape index (κ2) is 8.00. The van der Waals surface area contributed by atoms with E-state index in [1.807, 2.05) is 0 Å². The van der Waals surface area contributed by atoms with Gasteiger partial charge in [-0.1, -0.05) is 50.2 Å². The minimum absolute atomic E-state index is 0.358. The number of hydrogen-bond acceptors (Lipinski definition) is 2. The summed E-state index contributed by atoms with van der Waals surface area (Å²) in [6.07, 6.45) is 0.938. The molecule has 0 aliphatic heterocycles. The van der Waals surface area contributed by atoms with Gasteiger partial charge >= 0.3 is 0 Å². The van der Waals surface area contributed by atoms with E-state index in [0.29, 0.717) is 25.0 Å². The van der Waals surface area contributed by atoms with Gasteiger partial charge in [0.25, 0.3) is 0 Å². The molecule has 0 aromatic heterocycles. The van der Waals surface area contributed by atoms with Crippen molar-refractivity contribution in [1.82, 2.24) is 0 Å². The topological polar surface area (TPSA) is 35.2 Å². The third-order valence-electron chi connectivity index (χ3n) is 4.19. The fourth-order valence-electron chi connectivity index (χ4n) is 2.71. The van der Waals surface area contributed by atoms with Gasteiger partial charge in [0.15, 0.2) is 0 Å². The summed E-state index contributed by atoms with van der Waals surface area (Å²) < 4.78 is 5.88. The first kappa shape index (κ1) is 16.6. The van der Waals surface area contributed by atoms with Crippen LogP contribution in [0.15, 0.2) is 48.5 Å². The molecule has 0 fully saturated rings. The highest BCUT2D eigenvalue weighted by Gasteiger charge is 2.12. The lowest BCUT2D eigenvalue weighted by molar-refractivity contribution is 0.298. The lowest BCUT2D eigenvalue weighted by Crippen LogP contribution is -2.16. The molecule has 2 nitrogen and oxygen atoms in total. The average Bonchev–Trinajstić information content (AvgIpc) is 2.53. The Bertz CT molecular complexity index is 575. The molecule has 2 aromatic rings. The zero-order valence-electron chi connectivity index (χ0n) is 13.9. The number of rotatable bonds is 7. The van der Waals surface area contributed by atoms with E-state index in [-0.39, 0.29) is 0 Å². The van der Waals surface area contributed by atoms with Gasteiger partial charge in [0.05, 0.1) is 6.61 Å². The normalized spacial score (nSPS) is 12.4. The summed E-state index contributed by atoms with van der Waals surface area (Å²) in [5.74, 6) is 1.85. The van der Waals surface area contributed by atoms with Crippen molar-refractivity contribution in [3.63, 3.8) is 0 Å². The van der Waals surface area contributed by atoms with Gasteiger partial charge in [-0.25, -0.2) is 0 Å². The standard InChI is InChI=1S/C20H27NO/c1-15(2)17-8-10-19(11-9-17)22-13-12-18(14-21)20-7-5-4-6-16(20)3/h4-11,15,18H,12-14,21H2,1-3H3. The second-order valence-corrected chi connectivity index (χ2v) is 6.15. The van der Waals surface area contributed by atoms with Crippen molar-refractivity contribution in [3.8, 4) is 5.75 Å². The molecule has 0 aliphatic carbocycles. The van der Waals surface area contributed by atoms with Crippen LogP contribution in [-0.2, 0) is 0 Å². The van der Waals surface area contributed by atoms with Gasteiger partial charge < -0.3 is 10.5 Å². The first-order valence-corrected chi connectivity index (χ1v) is 8.10. The molecule has 2 rings (SSSR count). The van der Waals surface area contributed by atoms with Crippen LogP contribution in [0, 0.1) is 6.92 Å². The van der Waals surface area contributed by atoms with Crippen LogP contribution in [0.2, 0.25) is 0 Å². The van der Waals surface area contributed by atoms with Crippen molar-refractivity contribution in [2.24, 2.45) is 5.73 Å². The molecule has 0 spiro atoms. The Labute approximate surface area is 134 Å². The Morgan fingerprint density at radius 3 is 2.27 bits per heavy atom. The molecule has 0 radical (unpaired) electrons. The van der Waals surface area contributed by atoms with Crippen LogP contribution in [-0.4, -0.2) is 13.2 Å². The average molecular weight is 297 g/mol. The molecule has 2 N–H and O–H groups in total. The number of ether oxygens (including phenoxy) is 1. The smallest absolute Gasteiger partial charge is 0.119 e. The van der Waals surface area contributed by atoms with Gasteiger partial charge in [-0.05, 0) is 60.5 Å². The van der Waals surface area contributed by atoms with Gasteiger partial charge in [-0.15, -0.1) is 0 Å². The van der Waals surface area contributed by atoms with E-state index in [9.17, 15) is 0 Å². The maximum atomic E-state index is 5.95. The van der Waals surface area contributed by atoms with E-state index < -0.39 is 0 Å². The minimum Gasteiger partial charge on any atom is -0.494 e. The monoisotopic (exact) mass is 297 g/mol. The summed E-state index contributed by atoms with van der Waals surface area (Å²) in [5, 5.41) is 0. The summed E-state index contributed by atoms with van der Waals surface area (Å²) in [6, 6.07) is 16.9. The highest BCUT2D eigenvalue weighted by molar-refractivity contribution is 5.30. The Morgan fingerprint density at radius 2 is 1.68 bits per heavy atom. The van der Waals surface area contributed by atoms with Crippen molar-refractivity contribution in [3.05, 3.63) is 65.2 Å². The molecule has 2 aromatic carbocycles. The van der Waals surface area contributed by atoms with E-state index in [1.54, 1.807) is 0 Å². The van der Waals surface area contributed by atoms with Gasteiger partial charge in [-0.3, -0.25) is 0 Å². The van der Waals surface area contributed by atoms with E-state index in [4.69, 9.17) is 10.5 Å². The molecule has 0 saturated heterocycles. The molecule has 2 heteroatoms. The molecule has 1 unspecified atom stereocenters. The van der Waals surface area contributed by atoms with Gasteiger partial charge in [0.1, 0.15) is 5.75 Å². The molecular formula is C20H27NO. The number of nitrogens with two attached hydrogens (primary N) is 1. The van der Waals surface area contributed by atoms with Gasteiger partial charge in [0.2, 0.25) is 0 Å². The van der Waals surface area contributed by atoms with Crippen molar-refractivity contribution in [2.45, 2.75) is 39.0 Å². The molecule has 1 atom stereocenters. The van der Waals surface area contributed by atoms with Crippen LogP contribution < -0.4 is 10.5 Å². The van der Waals surface area contributed by atoms with Crippen LogP contribution in [0.4, 0.5) is 0 Å². The minimum atomic E-state index is 0.358. The Morgan fingerprint density at radius 1 is 1.00 bits per heavy atom. The third kappa shape index (κ3) is 4.35. The maximum Gasteiger partial charge on any atom is 0.119 e.